The van der Waals surface area contributed by atoms with Gasteiger partial charge in [-0.05, 0) is 38.2 Å². The van der Waals surface area contributed by atoms with Gasteiger partial charge in [-0.2, -0.15) is 0 Å². The molecule has 0 saturated heterocycles. The molecule has 0 unspecified atom stereocenters. The molecule has 0 heterocycles. The summed E-state index contributed by atoms with van der Waals surface area (Å²) in [6.45, 7) is 7.22. The number of hydrogen-bond acceptors (Lipinski definition) is 2. The van der Waals surface area contributed by atoms with Gasteiger partial charge < -0.3 is 10.2 Å². The van der Waals surface area contributed by atoms with E-state index >= 15 is 0 Å². The number of halogens is 1. The van der Waals surface area contributed by atoms with E-state index in [2.05, 4.69) is 30.3 Å². The number of rotatable bonds is 5. The molecule has 0 atom stereocenters. The highest BCUT2D eigenvalue weighted by Crippen LogP contribution is 2.22. The Morgan fingerprint density at radius 2 is 2.13 bits per heavy atom. The summed E-state index contributed by atoms with van der Waals surface area (Å²) in [5.74, 6) is 0. The van der Waals surface area contributed by atoms with E-state index < -0.39 is 0 Å². The Kier molecular flexibility index (Phi) is 4.92. The van der Waals surface area contributed by atoms with Crippen LogP contribution in [-0.4, -0.2) is 31.6 Å². The predicted octanol–water partition coefficient (Wildman–Crippen LogP) is 3.01. The number of likely N-dealkylation sites (N-methyl/N-ethyl adjacent to an activating group) is 1. The number of nitrogens with one attached hydrogen (secondary N) is 1. The van der Waals surface area contributed by atoms with Crippen LogP contribution in [0.2, 0.25) is 5.02 Å². The first kappa shape index (κ1) is 12.3. The summed E-state index contributed by atoms with van der Waals surface area (Å²) < 4.78 is 0. The van der Waals surface area contributed by atoms with Gasteiger partial charge in [-0.1, -0.05) is 24.6 Å². The maximum Gasteiger partial charge on any atom is 0.0640 e. The van der Waals surface area contributed by atoms with Crippen LogP contribution >= 0.6 is 11.6 Å². The highest BCUT2D eigenvalue weighted by molar-refractivity contribution is 6.33. The van der Waals surface area contributed by atoms with Crippen molar-refractivity contribution in [2.24, 2.45) is 0 Å². The SMILES string of the molecule is CCN(C)CCNc1ccc(C)cc1Cl. The smallest absolute Gasteiger partial charge is 0.0640 e. The van der Waals surface area contributed by atoms with Gasteiger partial charge in [0.25, 0.3) is 0 Å². The average molecular weight is 227 g/mol. The van der Waals surface area contributed by atoms with Gasteiger partial charge in [-0.3, -0.25) is 0 Å². The Bertz CT molecular complexity index is 312. The lowest BCUT2D eigenvalue weighted by Crippen LogP contribution is -2.24. The van der Waals surface area contributed by atoms with Crippen molar-refractivity contribution in [3.8, 4) is 0 Å². The number of benzene rings is 1. The lowest BCUT2D eigenvalue weighted by Gasteiger charge is -2.15. The molecule has 15 heavy (non-hydrogen) atoms. The number of hydrogen-bond donors (Lipinski definition) is 1. The standard InChI is InChI=1S/C12H19ClN2/c1-4-15(3)8-7-14-12-6-5-10(2)9-11(12)13/h5-6,9,14H,4,7-8H2,1-3H3. The molecule has 0 saturated carbocycles. The Balaban J connectivity index is 2.44. The Hall–Kier alpha value is -0.730. The zero-order valence-electron chi connectivity index (χ0n) is 9.68. The van der Waals surface area contributed by atoms with Crippen LogP contribution in [0, 0.1) is 6.92 Å². The van der Waals surface area contributed by atoms with Gasteiger partial charge in [0.05, 0.1) is 10.7 Å². The van der Waals surface area contributed by atoms with Crippen LogP contribution < -0.4 is 5.32 Å². The first-order valence-electron chi connectivity index (χ1n) is 5.32. The minimum atomic E-state index is 0.800. The average Bonchev–Trinajstić information content (AvgIpc) is 2.21. The van der Waals surface area contributed by atoms with Crippen molar-refractivity contribution in [1.29, 1.82) is 0 Å². The third-order valence-electron chi connectivity index (χ3n) is 2.47. The van der Waals surface area contributed by atoms with Gasteiger partial charge in [0, 0.05) is 13.1 Å². The summed E-state index contributed by atoms with van der Waals surface area (Å²) in [5.41, 5.74) is 2.21. The second-order valence-electron chi connectivity index (χ2n) is 3.81. The van der Waals surface area contributed by atoms with Crippen LogP contribution in [0.25, 0.3) is 0 Å². The molecule has 0 fully saturated rings. The maximum atomic E-state index is 6.10. The third kappa shape index (κ3) is 4.10. The molecule has 1 rings (SSSR count). The summed E-state index contributed by atoms with van der Waals surface area (Å²) in [6.07, 6.45) is 0. The fraction of sp³-hybridized carbons (Fsp3) is 0.500. The highest BCUT2D eigenvalue weighted by atomic mass is 35.5. The van der Waals surface area contributed by atoms with Crippen LogP contribution in [0.1, 0.15) is 12.5 Å². The number of aryl methyl sites for hydroxylation is 1. The van der Waals surface area contributed by atoms with Crippen molar-refractivity contribution in [3.63, 3.8) is 0 Å². The quantitative estimate of drug-likeness (QED) is 0.831. The molecular weight excluding hydrogens is 208 g/mol. The van der Waals surface area contributed by atoms with E-state index in [1.165, 1.54) is 5.56 Å². The molecule has 0 aliphatic heterocycles. The second-order valence-corrected chi connectivity index (χ2v) is 4.21. The molecule has 84 valence electrons. The van der Waals surface area contributed by atoms with E-state index in [4.69, 9.17) is 11.6 Å². The number of nitrogens with zero attached hydrogens (tertiary/aromatic N) is 1. The van der Waals surface area contributed by atoms with Gasteiger partial charge in [-0.25, -0.2) is 0 Å². The van der Waals surface area contributed by atoms with E-state index in [1.807, 2.05) is 19.1 Å². The molecule has 0 spiro atoms. The summed E-state index contributed by atoms with van der Waals surface area (Å²) in [7, 11) is 2.11. The molecule has 1 aromatic rings. The maximum absolute atomic E-state index is 6.10. The fourth-order valence-corrected chi connectivity index (χ4v) is 1.60. The molecule has 3 heteroatoms. The summed E-state index contributed by atoms with van der Waals surface area (Å²) in [6, 6.07) is 6.08. The molecule has 0 bridgehead atoms. The minimum Gasteiger partial charge on any atom is -0.383 e. The molecule has 0 radical (unpaired) electrons. The molecule has 0 aliphatic rings. The molecular formula is C12H19ClN2. The van der Waals surface area contributed by atoms with Gasteiger partial charge in [0.2, 0.25) is 0 Å². The summed E-state index contributed by atoms with van der Waals surface area (Å²) in [5, 5.41) is 4.13. The molecule has 0 aromatic heterocycles. The largest absolute Gasteiger partial charge is 0.383 e. The molecule has 1 N–H and O–H groups in total. The first-order chi connectivity index (χ1) is 7.13. The van der Waals surface area contributed by atoms with Gasteiger partial charge in [0.1, 0.15) is 0 Å². The second kappa shape index (κ2) is 5.99. The Morgan fingerprint density at radius 1 is 1.40 bits per heavy atom. The van der Waals surface area contributed by atoms with Crippen LogP contribution in [0.15, 0.2) is 18.2 Å². The monoisotopic (exact) mass is 226 g/mol. The van der Waals surface area contributed by atoms with E-state index in [9.17, 15) is 0 Å². The van der Waals surface area contributed by atoms with Gasteiger partial charge in [0.15, 0.2) is 0 Å². The highest BCUT2D eigenvalue weighted by Gasteiger charge is 1.99. The number of anilines is 1. The molecule has 2 nitrogen and oxygen atoms in total. The lowest BCUT2D eigenvalue weighted by atomic mass is 10.2. The van der Waals surface area contributed by atoms with E-state index in [1.54, 1.807) is 0 Å². The topological polar surface area (TPSA) is 15.3 Å². The van der Waals surface area contributed by atoms with Crippen molar-refractivity contribution < 1.29 is 0 Å². The Labute approximate surface area is 97.2 Å². The molecule has 0 amide bonds. The normalized spacial score (nSPS) is 10.7. The van der Waals surface area contributed by atoms with Crippen LogP contribution in [0.5, 0.6) is 0 Å². The van der Waals surface area contributed by atoms with Crippen LogP contribution in [-0.2, 0) is 0 Å². The van der Waals surface area contributed by atoms with Crippen LogP contribution in [0.4, 0.5) is 5.69 Å². The van der Waals surface area contributed by atoms with Crippen molar-refractivity contribution in [1.82, 2.24) is 4.90 Å². The van der Waals surface area contributed by atoms with Crippen molar-refractivity contribution in [3.05, 3.63) is 28.8 Å². The molecule has 0 aliphatic carbocycles. The van der Waals surface area contributed by atoms with Crippen LogP contribution in [0.3, 0.4) is 0 Å². The minimum absolute atomic E-state index is 0.800. The van der Waals surface area contributed by atoms with E-state index in [0.29, 0.717) is 0 Å². The van der Waals surface area contributed by atoms with Crippen molar-refractivity contribution >= 4 is 17.3 Å². The van der Waals surface area contributed by atoms with E-state index in [0.717, 1.165) is 30.3 Å². The third-order valence-corrected chi connectivity index (χ3v) is 2.79. The van der Waals surface area contributed by atoms with Crippen molar-refractivity contribution in [2.75, 3.05) is 32.0 Å². The van der Waals surface area contributed by atoms with Gasteiger partial charge in [-0.15, -0.1) is 0 Å². The predicted molar refractivity (Wildman–Crippen MR) is 67.8 cm³/mol. The lowest BCUT2D eigenvalue weighted by molar-refractivity contribution is 0.367. The summed E-state index contributed by atoms with van der Waals surface area (Å²) >= 11 is 6.10. The Morgan fingerprint density at radius 3 is 2.73 bits per heavy atom. The fourth-order valence-electron chi connectivity index (χ4n) is 1.30. The zero-order chi connectivity index (χ0) is 11.3. The van der Waals surface area contributed by atoms with Gasteiger partial charge >= 0.3 is 0 Å². The van der Waals surface area contributed by atoms with E-state index in [-0.39, 0.29) is 0 Å². The van der Waals surface area contributed by atoms with Crippen molar-refractivity contribution in [2.45, 2.75) is 13.8 Å². The molecule has 1 aromatic carbocycles. The zero-order valence-corrected chi connectivity index (χ0v) is 10.4. The summed E-state index contributed by atoms with van der Waals surface area (Å²) in [4.78, 5) is 2.26. The first-order valence-corrected chi connectivity index (χ1v) is 5.70.